The molecule has 18 heavy (non-hydrogen) atoms. The maximum atomic E-state index is 9.54. The van der Waals surface area contributed by atoms with Crippen molar-refractivity contribution in [3.05, 3.63) is 35.9 Å². The van der Waals surface area contributed by atoms with Gasteiger partial charge >= 0.3 is 0 Å². The van der Waals surface area contributed by atoms with Crippen LogP contribution in [0.1, 0.15) is 39.2 Å². The third kappa shape index (κ3) is 2.93. The van der Waals surface area contributed by atoms with Crippen molar-refractivity contribution >= 4 is 0 Å². The lowest BCUT2D eigenvalue weighted by Crippen LogP contribution is -2.50. The van der Waals surface area contributed by atoms with Crippen LogP contribution in [-0.4, -0.2) is 34.2 Å². The van der Waals surface area contributed by atoms with Gasteiger partial charge in [0.25, 0.3) is 0 Å². The van der Waals surface area contributed by atoms with Gasteiger partial charge in [-0.3, -0.25) is 4.90 Å². The summed E-state index contributed by atoms with van der Waals surface area (Å²) < 4.78 is 0. The van der Waals surface area contributed by atoms with Crippen molar-refractivity contribution in [2.45, 2.75) is 57.7 Å². The third-order valence-electron chi connectivity index (χ3n) is 3.92. The lowest BCUT2D eigenvalue weighted by molar-refractivity contribution is 0.0464. The Labute approximate surface area is 111 Å². The van der Waals surface area contributed by atoms with Crippen molar-refractivity contribution < 1.29 is 5.11 Å². The number of benzene rings is 1. The highest BCUT2D eigenvalue weighted by molar-refractivity contribution is 5.17. The molecule has 100 valence electrons. The number of aliphatic hydroxyl groups is 1. The highest BCUT2D eigenvalue weighted by atomic mass is 16.3. The van der Waals surface area contributed by atoms with Crippen LogP contribution in [0.15, 0.2) is 30.3 Å². The minimum absolute atomic E-state index is 0.128. The Morgan fingerprint density at radius 1 is 1.11 bits per heavy atom. The Morgan fingerprint density at radius 3 is 2.28 bits per heavy atom. The molecule has 2 unspecified atom stereocenters. The minimum Gasteiger partial charge on any atom is -0.395 e. The molecular formula is C16H25NO. The molecule has 0 aromatic heterocycles. The second-order valence-corrected chi connectivity index (χ2v) is 6.34. The van der Waals surface area contributed by atoms with Crippen LogP contribution in [0.5, 0.6) is 0 Å². The molecule has 2 atom stereocenters. The molecule has 1 aliphatic rings. The second kappa shape index (κ2) is 5.41. The van der Waals surface area contributed by atoms with Gasteiger partial charge in [-0.05, 0) is 45.6 Å². The van der Waals surface area contributed by atoms with E-state index < -0.39 is 0 Å². The Balaban J connectivity index is 2.12. The fourth-order valence-electron chi connectivity index (χ4n) is 3.32. The van der Waals surface area contributed by atoms with Crippen molar-refractivity contribution in [2.75, 3.05) is 6.61 Å². The number of aliphatic hydroxyl groups excluding tert-OH is 1. The lowest BCUT2D eigenvalue weighted by Gasteiger charge is -2.41. The topological polar surface area (TPSA) is 23.5 Å². The molecule has 2 nitrogen and oxygen atoms in total. The quantitative estimate of drug-likeness (QED) is 0.888. The molecule has 1 aromatic carbocycles. The zero-order chi connectivity index (χ0) is 13.2. The average Bonchev–Trinajstić information content (AvgIpc) is 2.73. The van der Waals surface area contributed by atoms with Gasteiger partial charge < -0.3 is 5.11 Å². The molecule has 0 radical (unpaired) electrons. The van der Waals surface area contributed by atoms with E-state index in [2.05, 4.69) is 56.0 Å². The molecular weight excluding hydrogens is 222 g/mol. The predicted octanol–water partition coefficient (Wildman–Crippen LogP) is 2.85. The number of rotatable bonds is 3. The smallest absolute Gasteiger partial charge is 0.0587 e. The first kappa shape index (κ1) is 13.6. The molecule has 0 amide bonds. The number of hydrogen-bond acceptors (Lipinski definition) is 2. The van der Waals surface area contributed by atoms with Gasteiger partial charge in [-0.2, -0.15) is 0 Å². The lowest BCUT2D eigenvalue weighted by atomic mass is 9.99. The first-order chi connectivity index (χ1) is 8.52. The van der Waals surface area contributed by atoms with E-state index in [1.165, 1.54) is 12.0 Å². The largest absolute Gasteiger partial charge is 0.395 e. The summed E-state index contributed by atoms with van der Waals surface area (Å²) in [6.07, 6.45) is 3.40. The summed E-state index contributed by atoms with van der Waals surface area (Å²) in [6.45, 7) is 7.03. The van der Waals surface area contributed by atoms with Gasteiger partial charge in [0.15, 0.2) is 0 Å². The van der Waals surface area contributed by atoms with E-state index in [9.17, 15) is 5.11 Å². The summed E-state index contributed by atoms with van der Waals surface area (Å²) in [7, 11) is 0. The second-order valence-electron chi connectivity index (χ2n) is 6.34. The van der Waals surface area contributed by atoms with Crippen LogP contribution in [0, 0.1) is 0 Å². The highest BCUT2D eigenvalue weighted by Crippen LogP contribution is 2.33. The molecule has 2 rings (SSSR count). The minimum atomic E-state index is 0.128. The predicted molar refractivity (Wildman–Crippen MR) is 75.6 cm³/mol. The maximum Gasteiger partial charge on any atom is 0.0587 e. The monoisotopic (exact) mass is 247 g/mol. The Hall–Kier alpha value is -0.860. The van der Waals surface area contributed by atoms with Gasteiger partial charge in [-0.25, -0.2) is 0 Å². The number of nitrogens with zero attached hydrogens (tertiary/aromatic N) is 1. The van der Waals surface area contributed by atoms with Gasteiger partial charge in [0.1, 0.15) is 0 Å². The SMILES string of the molecule is CC(C)(C)N1C(CO)CCC1Cc1ccccc1. The van der Waals surface area contributed by atoms with Gasteiger partial charge in [-0.15, -0.1) is 0 Å². The van der Waals surface area contributed by atoms with E-state index in [-0.39, 0.29) is 12.1 Å². The van der Waals surface area contributed by atoms with E-state index in [0.717, 1.165) is 12.8 Å². The first-order valence-corrected chi connectivity index (χ1v) is 6.95. The van der Waals surface area contributed by atoms with Crippen LogP contribution in [0.25, 0.3) is 0 Å². The van der Waals surface area contributed by atoms with Crippen LogP contribution in [0.2, 0.25) is 0 Å². The van der Waals surface area contributed by atoms with E-state index >= 15 is 0 Å². The molecule has 1 heterocycles. The molecule has 1 N–H and O–H groups in total. The number of hydrogen-bond donors (Lipinski definition) is 1. The van der Waals surface area contributed by atoms with Crippen LogP contribution >= 0.6 is 0 Å². The molecule has 1 saturated heterocycles. The maximum absolute atomic E-state index is 9.54. The molecule has 1 aromatic rings. The summed E-state index contributed by atoms with van der Waals surface area (Å²) in [6, 6.07) is 11.6. The fourth-order valence-corrected chi connectivity index (χ4v) is 3.32. The zero-order valence-corrected chi connectivity index (χ0v) is 11.8. The van der Waals surface area contributed by atoms with Gasteiger partial charge in [0.05, 0.1) is 6.61 Å². The molecule has 0 aliphatic carbocycles. The van der Waals surface area contributed by atoms with Crippen molar-refractivity contribution in [1.82, 2.24) is 4.90 Å². The fraction of sp³-hybridized carbons (Fsp3) is 0.625. The van der Waals surface area contributed by atoms with E-state index in [0.29, 0.717) is 12.1 Å². The van der Waals surface area contributed by atoms with Crippen LogP contribution < -0.4 is 0 Å². The van der Waals surface area contributed by atoms with Gasteiger partial charge in [0, 0.05) is 17.6 Å². The van der Waals surface area contributed by atoms with E-state index in [1.54, 1.807) is 0 Å². The van der Waals surface area contributed by atoms with Crippen molar-refractivity contribution in [3.63, 3.8) is 0 Å². The Morgan fingerprint density at radius 2 is 1.72 bits per heavy atom. The van der Waals surface area contributed by atoms with Crippen LogP contribution in [0.4, 0.5) is 0 Å². The highest BCUT2D eigenvalue weighted by Gasteiger charge is 2.39. The van der Waals surface area contributed by atoms with Gasteiger partial charge in [-0.1, -0.05) is 30.3 Å². The standard InChI is InChI=1S/C16H25NO/c1-16(2,3)17-14(9-10-15(17)12-18)11-13-7-5-4-6-8-13/h4-8,14-15,18H,9-12H2,1-3H3. The first-order valence-electron chi connectivity index (χ1n) is 6.95. The molecule has 1 aliphatic heterocycles. The van der Waals surface area contributed by atoms with Crippen LogP contribution in [-0.2, 0) is 6.42 Å². The summed E-state index contributed by atoms with van der Waals surface area (Å²) >= 11 is 0. The van der Waals surface area contributed by atoms with Crippen LogP contribution in [0.3, 0.4) is 0 Å². The summed E-state index contributed by atoms with van der Waals surface area (Å²) in [5.41, 5.74) is 1.53. The Bertz CT molecular complexity index is 368. The molecule has 0 spiro atoms. The van der Waals surface area contributed by atoms with Gasteiger partial charge in [0.2, 0.25) is 0 Å². The molecule has 1 fully saturated rings. The summed E-state index contributed by atoms with van der Waals surface area (Å²) in [4.78, 5) is 2.51. The van der Waals surface area contributed by atoms with E-state index in [1.807, 2.05) is 0 Å². The zero-order valence-electron chi connectivity index (χ0n) is 11.8. The summed E-state index contributed by atoms with van der Waals surface area (Å²) in [5, 5.41) is 9.54. The number of likely N-dealkylation sites (tertiary alicyclic amines) is 1. The summed E-state index contributed by atoms with van der Waals surface area (Å²) in [5.74, 6) is 0. The van der Waals surface area contributed by atoms with Crippen molar-refractivity contribution in [2.24, 2.45) is 0 Å². The van der Waals surface area contributed by atoms with Crippen molar-refractivity contribution in [3.8, 4) is 0 Å². The van der Waals surface area contributed by atoms with E-state index in [4.69, 9.17) is 0 Å². The third-order valence-corrected chi connectivity index (χ3v) is 3.92. The molecule has 0 bridgehead atoms. The van der Waals surface area contributed by atoms with Crippen molar-refractivity contribution in [1.29, 1.82) is 0 Å². The normalized spacial score (nSPS) is 25.6. The average molecular weight is 247 g/mol. The Kier molecular flexibility index (Phi) is 4.08. The molecule has 2 heteroatoms. The molecule has 0 saturated carbocycles.